The van der Waals surface area contributed by atoms with E-state index in [2.05, 4.69) is 31.2 Å². The van der Waals surface area contributed by atoms with E-state index >= 15 is 0 Å². The topological polar surface area (TPSA) is 0 Å². The normalized spacial score (nSPS) is 37.5. The summed E-state index contributed by atoms with van der Waals surface area (Å²) in [6, 6.07) is 8.41. The van der Waals surface area contributed by atoms with E-state index in [1.807, 2.05) is 12.1 Å². The van der Waals surface area contributed by atoms with Gasteiger partial charge in [0.25, 0.3) is 0 Å². The number of benzene rings is 1. The first kappa shape index (κ1) is 9.47. The molecule has 3 rings (SSSR count). The van der Waals surface area contributed by atoms with Gasteiger partial charge in [-0.1, -0.05) is 42.8 Å². The minimum Gasteiger partial charge on any atom is -0.0851 e. The molecule has 0 saturated heterocycles. The van der Waals surface area contributed by atoms with Gasteiger partial charge in [0.15, 0.2) is 0 Å². The Morgan fingerprint density at radius 3 is 2.47 bits per heavy atom. The summed E-state index contributed by atoms with van der Waals surface area (Å²) >= 11 is 5.93. The molecule has 1 fully saturated rings. The summed E-state index contributed by atoms with van der Waals surface area (Å²) in [7, 11) is 0. The Morgan fingerprint density at radius 1 is 1.20 bits per heavy atom. The third kappa shape index (κ3) is 1.35. The van der Waals surface area contributed by atoms with E-state index < -0.39 is 0 Å². The summed E-state index contributed by atoms with van der Waals surface area (Å²) in [6.07, 6.45) is 7.44. The molecule has 78 valence electrons. The quantitative estimate of drug-likeness (QED) is 0.620. The molecule has 3 atom stereocenters. The van der Waals surface area contributed by atoms with Gasteiger partial charge < -0.3 is 0 Å². The second kappa shape index (κ2) is 3.12. The third-order valence-corrected chi connectivity index (χ3v) is 4.43. The molecule has 1 saturated carbocycles. The molecule has 0 aliphatic heterocycles. The number of hydrogen-bond donors (Lipinski definition) is 0. The third-order valence-electron chi connectivity index (χ3n) is 4.18. The fourth-order valence-electron chi connectivity index (χ4n) is 3.26. The first-order valence-electron chi connectivity index (χ1n) is 5.63. The molecule has 1 heteroatoms. The van der Waals surface area contributed by atoms with Crippen molar-refractivity contribution in [2.75, 3.05) is 0 Å². The highest BCUT2D eigenvalue weighted by Gasteiger charge is 2.45. The van der Waals surface area contributed by atoms with Crippen LogP contribution < -0.4 is 0 Å². The Bertz CT molecular complexity index is 404. The average Bonchev–Trinajstić information content (AvgIpc) is 2.78. The maximum absolute atomic E-state index is 5.93. The van der Waals surface area contributed by atoms with Crippen LogP contribution in [0.2, 0.25) is 5.02 Å². The molecule has 1 aromatic carbocycles. The smallest absolute Gasteiger partial charge is 0.0406 e. The van der Waals surface area contributed by atoms with Crippen molar-refractivity contribution < 1.29 is 0 Å². The molecule has 0 radical (unpaired) electrons. The fourth-order valence-corrected chi connectivity index (χ4v) is 3.38. The van der Waals surface area contributed by atoms with Crippen molar-refractivity contribution in [2.45, 2.75) is 25.2 Å². The minimum atomic E-state index is 0.351. The number of halogens is 1. The van der Waals surface area contributed by atoms with Gasteiger partial charge >= 0.3 is 0 Å². The monoisotopic (exact) mass is 218 g/mol. The van der Waals surface area contributed by atoms with Gasteiger partial charge in [0.1, 0.15) is 0 Å². The molecular weight excluding hydrogens is 204 g/mol. The highest BCUT2D eigenvalue weighted by Crippen LogP contribution is 2.53. The molecule has 15 heavy (non-hydrogen) atoms. The van der Waals surface area contributed by atoms with Crippen LogP contribution >= 0.6 is 11.6 Å². The molecular formula is C14H15Cl. The van der Waals surface area contributed by atoms with Crippen molar-refractivity contribution in [1.29, 1.82) is 0 Å². The summed E-state index contributed by atoms with van der Waals surface area (Å²) in [5, 5.41) is 0.834. The van der Waals surface area contributed by atoms with Gasteiger partial charge in [0, 0.05) is 5.02 Å². The zero-order valence-corrected chi connectivity index (χ0v) is 9.67. The van der Waals surface area contributed by atoms with E-state index in [1.165, 1.54) is 18.4 Å². The van der Waals surface area contributed by atoms with Gasteiger partial charge in [-0.15, -0.1) is 0 Å². The van der Waals surface area contributed by atoms with Crippen LogP contribution in [0.15, 0.2) is 36.4 Å². The van der Waals surface area contributed by atoms with Gasteiger partial charge in [-0.25, -0.2) is 0 Å². The van der Waals surface area contributed by atoms with E-state index in [0.717, 1.165) is 16.9 Å². The van der Waals surface area contributed by atoms with Gasteiger partial charge in [0.05, 0.1) is 0 Å². The predicted molar refractivity (Wildman–Crippen MR) is 64.2 cm³/mol. The average molecular weight is 219 g/mol. The molecule has 0 nitrogen and oxygen atoms in total. The van der Waals surface area contributed by atoms with Gasteiger partial charge in [-0.2, -0.15) is 0 Å². The van der Waals surface area contributed by atoms with Crippen molar-refractivity contribution in [2.24, 2.45) is 11.8 Å². The van der Waals surface area contributed by atoms with Crippen LogP contribution in [0.4, 0.5) is 0 Å². The first-order chi connectivity index (χ1) is 7.18. The Hall–Kier alpha value is -0.750. The predicted octanol–water partition coefficient (Wildman–Crippen LogP) is 4.19. The lowest BCUT2D eigenvalue weighted by Crippen LogP contribution is -2.26. The lowest BCUT2D eigenvalue weighted by atomic mass is 9.72. The van der Waals surface area contributed by atoms with Crippen LogP contribution in [-0.4, -0.2) is 0 Å². The molecule has 0 amide bonds. The zero-order valence-electron chi connectivity index (χ0n) is 8.91. The molecule has 0 aromatic heterocycles. The second-order valence-corrected chi connectivity index (χ2v) is 5.55. The zero-order chi connectivity index (χ0) is 10.5. The van der Waals surface area contributed by atoms with E-state index in [1.54, 1.807) is 0 Å². The van der Waals surface area contributed by atoms with E-state index in [9.17, 15) is 0 Å². The Morgan fingerprint density at radius 2 is 1.93 bits per heavy atom. The molecule has 3 unspecified atom stereocenters. The maximum Gasteiger partial charge on any atom is 0.0406 e. The van der Waals surface area contributed by atoms with Crippen LogP contribution in [0.5, 0.6) is 0 Å². The summed E-state index contributed by atoms with van der Waals surface area (Å²) in [5.41, 5.74) is 1.80. The van der Waals surface area contributed by atoms with Crippen molar-refractivity contribution in [1.82, 2.24) is 0 Å². The fraction of sp³-hybridized carbons (Fsp3) is 0.429. The number of hydrogen-bond acceptors (Lipinski definition) is 0. The Kier molecular flexibility index (Phi) is 1.97. The van der Waals surface area contributed by atoms with Crippen LogP contribution in [0.3, 0.4) is 0 Å². The van der Waals surface area contributed by atoms with Crippen molar-refractivity contribution in [3.63, 3.8) is 0 Å². The van der Waals surface area contributed by atoms with Gasteiger partial charge in [-0.05, 0) is 47.8 Å². The molecule has 0 spiro atoms. The van der Waals surface area contributed by atoms with Crippen molar-refractivity contribution in [3.8, 4) is 0 Å². The number of fused-ring (bicyclic) bond motifs is 2. The first-order valence-corrected chi connectivity index (χ1v) is 6.01. The lowest BCUT2D eigenvalue weighted by Gasteiger charge is -2.32. The van der Waals surface area contributed by atoms with Crippen molar-refractivity contribution >= 4 is 11.6 Å². The maximum atomic E-state index is 5.93. The van der Waals surface area contributed by atoms with E-state index in [0.29, 0.717) is 5.41 Å². The highest BCUT2D eigenvalue weighted by atomic mass is 35.5. The number of rotatable bonds is 1. The summed E-state index contributed by atoms with van der Waals surface area (Å²) < 4.78 is 0. The Balaban J connectivity index is 2.00. The lowest BCUT2D eigenvalue weighted by molar-refractivity contribution is 0.396. The van der Waals surface area contributed by atoms with E-state index in [4.69, 9.17) is 11.6 Å². The molecule has 1 aromatic rings. The molecule has 2 bridgehead atoms. The SMILES string of the molecule is CC1(c2ccc(Cl)cc2)CC2C=CC1C2. The van der Waals surface area contributed by atoms with Crippen LogP contribution in [0, 0.1) is 11.8 Å². The second-order valence-electron chi connectivity index (χ2n) is 5.12. The largest absolute Gasteiger partial charge is 0.0851 e. The highest BCUT2D eigenvalue weighted by molar-refractivity contribution is 6.30. The Labute approximate surface area is 96.0 Å². The summed E-state index contributed by atoms with van der Waals surface area (Å²) in [5.74, 6) is 1.55. The van der Waals surface area contributed by atoms with Gasteiger partial charge in [-0.3, -0.25) is 0 Å². The molecule has 0 heterocycles. The molecule has 2 aliphatic rings. The van der Waals surface area contributed by atoms with Crippen molar-refractivity contribution in [3.05, 3.63) is 47.0 Å². The molecule has 2 aliphatic carbocycles. The van der Waals surface area contributed by atoms with Crippen LogP contribution in [0.1, 0.15) is 25.3 Å². The number of allylic oxidation sites excluding steroid dienone is 2. The van der Waals surface area contributed by atoms with E-state index in [-0.39, 0.29) is 0 Å². The molecule has 0 N–H and O–H groups in total. The van der Waals surface area contributed by atoms with Crippen LogP contribution in [-0.2, 0) is 5.41 Å². The van der Waals surface area contributed by atoms with Crippen LogP contribution in [0.25, 0.3) is 0 Å². The minimum absolute atomic E-state index is 0.351. The summed E-state index contributed by atoms with van der Waals surface area (Å²) in [6.45, 7) is 2.39. The van der Waals surface area contributed by atoms with Gasteiger partial charge in [0.2, 0.25) is 0 Å². The summed E-state index contributed by atoms with van der Waals surface area (Å²) in [4.78, 5) is 0. The standard InChI is InChI=1S/C14H15Cl/c1-14(9-10-2-3-12(14)8-10)11-4-6-13(15)7-5-11/h2-7,10,12H,8-9H2,1H3.